The molecule has 0 unspecified atom stereocenters. The first-order valence-corrected chi connectivity index (χ1v) is 14.7. The van der Waals surface area contributed by atoms with E-state index in [2.05, 4.69) is 35.9 Å². The minimum Gasteiger partial charge on any atom is -0.457 e. The summed E-state index contributed by atoms with van der Waals surface area (Å²) < 4.78 is 16.7. The number of amides is 1. The van der Waals surface area contributed by atoms with Crippen molar-refractivity contribution in [2.75, 3.05) is 69.1 Å². The number of hydrogen-bond acceptors (Lipinski definition) is 10. The number of azide groups is 1. The molecule has 0 saturated carbocycles. The number of benzene rings is 3. The monoisotopic (exact) mass is 623 g/mol. The summed E-state index contributed by atoms with van der Waals surface area (Å²) in [7, 11) is 1.95. The Morgan fingerprint density at radius 3 is 2.30 bits per heavy atom. The highest BCUT2D eigenvalue weighted by Crippen LogP contribution is 2.25. The van der Waals surface area contributed by atoms with Crippen LogP contribution in [0.15, 0.2) is 109 Å². The van der Waals surface area contributed by atoms with Crippen molar-refractivity contribution in [3.05, 3.63) is 114 Å². The van der Waals surface area contributed by atoms with Crippen LogP contribution >= 0.6 is 0 Å². The van der Waals surface area contributed by atoms with E-state index >= 15 is 0 Å². The van der Waals surface area contributed by atoms with Crippen molar-refractivity contribution >= 4 is 34.6 Å². The molecule has 238 valence electrons. The van der Waals surface area contributed by atoms with E-state index in [1.807, 2.05) is 90.8 Å². The number of nitrogens with zero attached hydrogens (tertiary/aromatic N) is 6. The van der Waals surface area contributed by atoms with Crippen molar-refractivity contribution in [2.24, 2.45) is 5.11 Å². The molecule has 0 aliphatic rings. The number of para-hydroxylation sites is 1. The fourth-order valence-corrected chi connectivity index (χ4v) is 4.00. The molecule has 4 rings (SSSR count). The van der Waals surface area contributed by atoms with Crippen LogP contribution in [0.2, 0.25) is 0 Å². The molecule has 3 N–H and O–H groups in total. The summed E-state index contributed by atoms with van der Waals surface area (Å²) in [5, 5.41) is 12.8. The van der Waals surface area contributed by atoms with E-state index in [1.165, 1.54) is 12.4 Å². The van der Waals surface area contributed by atoms with Crippen molar-refractivity contribution < 1.29 is 19.0 Å². The van der Waals surface area contributed by atoms with Crippen molar-refractivity contribution in [2.45, 2.75) is 0 Å². The van der Waals surface area contributed by atoms with Gasteiger partial charge in [0.1, 0.15) is 29.5 Å². The predicted octanol–water partition coefficient (Wildman–Crippen LogP) is 6.53. The zero-order valence-corrected chi connectivity index (χ0v) is 25.6. The second kappa shape index (κ2) is 19.0. The number of hydrogen-bond donors (Lipinski definition) is 3. The maximum Gasteiger partial charge on any atom is 0.248 e. The Hall–Kier alpha value is -5.46. The molecular weight excluding hydrogens is 586 g/mol. The lowest BCUT2D eigenvalue weighted by atomic mass is 10.2. The Morgan fingerprint density at radius 2 is 1.54 bits per heavy atom. The van der Waals surface area contributed by atoms with Gasteiger partial charge >= 0.3 is 0 Å². The maximum atomic E-state index is 12.5. The van der Waals surface area contributed by atoms with E-state index in [1.54, 1.807) is 12.1 Å². The van der Waals surface area contributed by atoms with Crippen LogP contribution < -0.4 is 20.7 Å². The highest BCUT2D eigenvalue weighted by molar-refractivity contribution is 5.99. The van der Waals surface area contributed by atoms with Crippen LogP contribution in [0.3, 0.4) is 0 Å². The second-order valence-corrected chi connectivity index (χ2v) is 9.89. The summed E-state index contributed by atoms with van der Waals surface area (Å²) in [6.45, 7) is 3.44. The van der Waals surface area contributed by atoms with E-state index in [-0.39, 0.29) is 5.91 Å². The van der Waals surface area contributed by atoms with Gasteiger partial charge < -0.3 is 35.1 Å². The summed E-state index contributed by atoms with van der Waals surface area (Å²) in [6, 6.07) is 26.4. The van der Waals surface area contributed by atoms with E-state index in [0.717, 1.165) is 22.9 Å². The second-order valence-electron chi connectivity index (χ2n) is 9.89. The Bertz CT molecular complexity index is 1580. The molecule has 0 aliphatic heterocycles. The number of likely N-dealkylation sites (N-methyl/N-ethyl adjacent to an activating group) is 1. The number of anilines is 5. The van der Waals surface area contributed by atoms with Gasteiger partial charge in [-0.3, -0.25) is 4.79 Å². The summed E-state index contributed by atoms with van der Waals surface area (Å²) in [5.74, 6) is 2.49. The maximum absolute atomic E-state index is 12.5. The predicted molar refractivity (Wildman–Crippen MR) is 179 cm³/mol. The van der Waals surface area contributed by atoms with Gasteiger partial charge in [0.15, 0.2) is 0 Å². The van der Waals surface area contributed by atoms with Crippen molar-refractivity contribution in [3.8, 4) is 11.5 Å². The largest absolute Gasteiger partial charge is 0.457 e. The molecular formula is C33H37N9O4. The lowest BCUT2D eigenvalue weighted by Crippen LogP contribution is -2.24. The lowest BCUT2D eigenvalue weighted by molar-refractivity contribution is -0.111. The first-order valence-electron chi connectivity index (χ1n) is 14.7. The topological polar surface area (TPSA) is 159 Å². The minimum absolute atomic E-state index is 0.228. The summed E-state index contributed by atoms with van der Waals surface area (Å²) >= 11 is 0. The minimum atomic E-state index is -0.228. The molecule has 0 bridgehead atoms. The van der Waals surface area contributed by atoms with Crippen LogP contribution in [0, 0.1) is 0 Å². The molecule has 0 radical (unpaired) electrons. The van der Waals surface area contributed by atoms with Crippen molar-refractivity contribution in [1.82, 2.24) is 14.9 Å². The van der Waals surface area contributed by atoms with Crippen molar-refractivity contribution in [3.63, 3.8) is 0 Å². The third-order valence-electron chi connectivity index (χ3n) is 6.25. The first-order chi connectivity index (χ1) is 22.6. The third kappa shape index (κ3) is 12.6. The molecule has 46 heavy (non-hydrogen) atoms. The van der Waals surface area contributed by atoms with Crippen molar-refractivity contribution in [1.29, 1.82) is 0 Å². The van der Waals surface area contributed by atoms with E-state index in [0.29, 0.717) is 63.4 Å². The highest BCUT2D eigenvalue weighted by Gasteiger charge is 2.05. The lowest BCUT2D eigenvalue weighted by Gasteiger charge is -2.14. The fraction of sp³-hybridized carbons (Fsp3) is 0.242. The van der Waals surface area contributed by atoms with Gasteiger partial charge in [0, 0.05) is 53.8 Å². The molecule has 0 aliphatic carbocycles. The van der Waals surface area contributed by atoms with Crippen LogP contribution in [0.1, 0.15) is 0 Å². The number of carbonyl (C=O) groups is 1. The number of carbonyl (C=O) groups excluding carboxylic acids is 1. The molecule has 1 heterocycles. The Morgan fingerprint density at radius 1 is 0.848 bits per heavy atom. The molecule has 13 nitrogen and oxygen atoms in total. The smallest absolute Gasteiger partial charge is 0.248 e. The molecule has 4 aromatic rings. The molecule has 3 aromatic carbocycles. The van der Waals surface area contributed by atoms with E-state index in [9.17, 15) is 4.79 Å². The average molecular weight is 624 g/mol. The van der Waals surface area contributed by atoms with Gasteiger partial charge in [0.2, 0.25) is 5.91 Å². The van der Waals surface area contributed by atoms with Gasteiger partial charge in [0.05, 0.1) is 26.4 Å². The van der Waals surface area contributed by atoms with Gasteiger partial charge in [-0.2, -0.15) is 0 Å². The molecule has 0 atom stereocenters. The Labute approximate surface area is 267 Å². The normalized spacial score (nSPS) is 10.8. The first kappa shape index (κ1) is 33.4. The van der Waals surface area contributed by atoms with E-state index < -0.39 is 0 Å². The van der Waals surface area contributed by atoms with Gasteiger partial charge in [-0.1, -0.05) is 35.5 Å². The summed E-state index contributed by atoms with van der Waals surface area (Å²) in [5.41, 5.74) is 10.5. The third-order valence-corrected chi connectivity index (χ3v) is 6.25. The zero-order chi connectivity index (χ0) is 32.2. The molecule has 1 aromatic heterocycles. The SMILES string of the molecule is CN(C/C=C/C(=O)Nc1cccc(Nc2cc(Nc3ccc(Oc4ccccc4)cc3)ncn2)c1)CCOCCOCCN=[N+]=[N-]. The number of ether oxygens (including phenoxy) is 3. The van der Waals surface area contributed by atoms with Gasteiger partial charge in [-0.15, -0.1) is 0 Å². The van der Waals surface area contributed by atoms with Gasteiger partial charge in [-0.25, -0.2) is 9.97 Å². The molecule has 0 saturated heterocycles. The van der Waals surface area contributed by atoms with Crippen LogP contribution in [-0.4, -0.2) is 73.9 Å². The highest BCUT2D eigenvalue weighted by atomic mass is 16.5. The molecule has 0 fully saturated rings. The van der Waals surface area contributed by atoms with Crippen LogP contribution in [0.5, 0.6) is 11.5 Å². The van der Waals surface area contributed by atoms with Crippen LogP contribution in [-0.2, 0) is 14.3 Å². The average Bonchev–Trinajstić information content (AvgIpc) is 3.06. The zero-order valence-electron chi connectivity index (χ0n) is 25.6. The van der Waals surface area contributed by atoms with E-state index in [4.69, 9.17) is 19.7 Å². The van der Waals surface area contributed by atoms with Gasteiger partial charge in [-0.05, 0) is 67.2 Å². The van der Waals surface area contributed by atoms with Gasteiger partial charge in [0.25, 0.3) is 0 Å². The Kier molecular flexibility index (Phi) is 13.8. The Balaban J connectivity index is 1.18. The molecule has 0 spiro atoms. The van der Waals surface area contributed by atoms with Crippen LogP contribution in [0.25, 0.3) is 10.4 Å². The van der Waals surface area contributed by atoms with Crippen LogP contribution in [0.4, 0.5) is 28.7 Å². The summed E-state index contributed by atoms with van der Waals surface area (Å²) in [6.07, 6.45) is 4.79. The quantitative estimate of drug-likeness (QED) is 0.0347. The standard InChI is InChI=1S/C33H37N9O4/c1-42(18-20-45-22-21-44-19-16-37-41-34)17-6-11-33(43)40-28-8-5-7-27(23-28)39-32-24-31(35-25-36-32)38-26-12-14-30(15-13-26)46-29-9-3-2-4-10-29/h2-15,23-25H,16-22H2,1H3,(H,40,43)(H2,35,36,38,39)/b11-6+. The number of rotatable bonds is 19. The molecule has 13 heteroatoms. The number of aromatic nitrogens is 2. The molecule has 1 amide bonds. The fourth-order valence-electron chi connectivity index (χ4n) is 4.00. The summed E-state index contributed by atoms with van der Waals surface area (Å²) in [4.78, 5) is 25.8. The number of nitrogens with one attached hydrogen (secondary N) is 3.